The van der Waals surface area contributed by atoms with Crippen LogP contribution in [-0.4, -0.2) is 16.2 Å². The summed E-state index contributed by atoms with van der Waals surface area (Å²) < 4.78 is 5.70. The predicted octanol–water partition coefficient (Wildman–Crippen LogP) is 4.18. The third kappa shape index (κ3) is 3.76. The molecule has 0 saturated heterocycles. The van der Waals surface area contributed by atoms with E-state index in [2.05, 4.69) is 15.5 Å². The van der Waals surface area contributed by atoms with Gasteiger partial charge in [-0.25, -0.2) is 0 Å². The summed E-state index contributed by atoms with van der Waals surface area (Å²) in [6, 6.07) is 4.64. The van der Waals surface area contributed by atoms with Crippen molar-refractivity contribution < 1.29 is 4.42 Å². The molecular formula is C17H25N3O. The van der Waals surface area contributed by atoms with Crippen molar-refractivity contribution in [3.8, 4) is 11.5 Å². The molecule has 21 heavy (non-hydrogen) atoms. The summed E-state index contributed by atoms with van der Waals surface area (Å²) in [5.41, 5.74) is 2.19. The van der Waals surface area contributed by atoms with Gasteiger partial charge in [0.05, 0.1) is 6.20 Å². The lowest BCUT2D eigenvalue weighted by Crippen LogP contribution is -2.29. The third-order valence-electron chi connectivity index (χ3n) is 4.39. The maximum Gasteiger partial charge on any atom is 0.152 e. The fourth-order valence-corrected chi connectivity index (χ4v) is 3.14. The molecule has 1 aliphatic carbocycles. The Hall–Kier alpha value is -1.55. The van der Waals surface area contributed by atoms with E-state index in [1.54, 1.807) is 0 Å². The van der Waals surface area contributed by atoms with E-state index in [9.17, 15) is 0 Å². The van der Waals surface area contributed by atoms with E-state index >= 15 is 0 Å². The summed E-state index contributed by atoms with van der Waals surface area (Å²) in [5.74, 6) is 1.80. The van der Waals surface area contributed by atoms with Crippen LogP contribution in [0, 0.1) is 6.92 Å². The van der Waals surface area contributed by atoms with Gasteiger partial charge in [-0.1, -0.05) is 32.1 Å². The maximum absolute atomic E-state index is 5.70. The minimum atomic E-state index is 0.645. The molecule has 0 bridgehead atoms. The first-order valence-corrected chi connectivity index (χ1v) is 8.15. The first-order valence-electron chi connectivity index (χ1n) is 8.15. The van der Waals surface area contributed by atoms with Crippen LogP contribution >= 0.6 is 0 Å². The molecule has 1 aliphatic rings. The van der Waals surface area contributed by atoms with Crippen molar-refractivity contribution in [1.29, 1.82) is 0 Å². The number of furan rings is 1. The average molecular weight is 287 g/mol. The average Bonchev–Trinajstić information content (AvgIpc) is 3.06. The maximum atomic E-state index is 5.70. The van der Waals surface area contributed by atoms with Gasteiger partial charge in [0.2, 0.25) is 0 Å². The smallest absolute Gasteiger partial charge is 0.152 e. The SMILES string of the molecule is Cc1ccc(-c2[nH]ncc2CNC2CCCCCCC2)o1. The lowest BCUT2D eigenvalue weighted by Gasteiger charge is -2.21. The first-order chi connectivity index (χ1) is 10.3. The van der Waals surface area contributed by atoms with E-state index in [1.165, 1.54) is 50.5 Å². The number of aryl methyl sites for hydroxylation is 1. The Morgan fingerprint density at radius 3 is 2.67 bits per heavy atom. The van der Waals surface area contributed by atoms with E-state index < -0.39 is 0 Å². The van der Waals surface area contributed by atoms with Crippen LogP contribution in [-0.2, 0) is 6.54 Å². The summed E-state index contributed by atoms with van der Waals surface area (Å²) in [7, 11) is 0. The second-order valence-electron chi connectivity index (χ2n) is 6.10. The van der Waals surface area contributed by atoms with Crippen LogP contribution in [0.25, 0.3) is 11.5 Å². The lowest BCUT2D eigenvalue weighted by molar-refractivity contribution is 0.389. The Morgan fingerprint density at radius 1 is 1.19 bits per heavy atom. The molecule has 0 aromatic carbocycles. The number of H-pyrrole nitrogens is 1. The van der Waals surface area contributed by atoms with Gasteiger partial charge in [0.15, 0.2) is 5.76 Å². The van der Waals surface area contributed by atoms with Gasteiger partial charge < -0.3 is 9.73 Å². The van der Waals surface area contributed by atoms with E-state index in [0.717, 1.165) is 23.8 Å². The number of hydrogen-bond donors (Lipinski definition) is 2. The number of nitrogens with one attached hydrogen (secondary N) is 2. The zero-order valence-corrected chi connectivity index (χ0v) is 12.8. The fourth-order valence-electron chi connectivity index (χ4n) is 3.14. The molecule has 0 amide bonds. The largest absolute Gasteiger partial charge is 0.460 e. The van der Waals surface area contributed by atoms with Crippen molar-refractivity contribution in [3.05, 3.63) is 29.7 Å². The Kier molecular flexibility index (Phi) is 4.76. The topological polar surface area (TPSA) is 53.9 Å². The van der Waals surface area contributed by atoms with E-state index in [1.807, 2.05) is 25.3 Å². The Labute approximate surface area is 126 Å². The predicted molar refractivity (Wildman–Crippen MR) is 84.0 cm³/mol. The van der Waals surface area contributed by atoms with Gasteiger partial charge in [0.25, 0.3) is 0 Å². The zero-order chi connectivity index (χ0) is 14.5. The molecule has 0 unspecified atom stereocenters. The van der Waals surface area contributed by atoms with Crippen molar-refractivity contribution in [1.82, 2.24) is 15.5 Å². The van der Waals surface area contributed by atoms with Crippen LogP contribution in [0.15, 0.2) is 22.7 Å². The molecule has 3 rings (SSSR count). The van der Waals surface area contributed by atoms with Crippen LogP contribution in [0.3, 0.4) is 0 Å². The number of aromatic amines is 1. The molecule has 4 nitrogen and oxygen atoms in total. The van der Waals surface area contributed by atoms with E-state index in [0.29, 0.717) is 6.04 Å². The number of rotatable bonds is 4. The van der Waals surface area contributed by atoms with Gasteiger partial charge in [-0.3, -0.25) is 5.10 Å². The van der Waals surface area contributed by atoms with Crippen LogP contribution in [0.2, 0.25) is 0 Å². The van der Waals surface area contributed by atoms with Crippen molar-refractivity contribution in [2.24, 2.45) is 0 Å². The minimum Gasteiger partial charge on any atom is -0.460 e. The highest BCUT2D eigenvalue weighted by Crippen LogP contribution is 2.24. The number of hydrogen-bond acceptors (Lipinski definition) is 3. The summed E-state index contributed by atoms with van der Waals surface area (Å²) in [6.45, 7) is 2.82. The van der Waals surface area contributed by atoms with Crippen LogP contribution in [0.5, 0.6) is 0 Å². The molecule has 0 aliphatic heterocycles. The summed E-state index contributed by atoms with van der Waals surface area (Å²) in [4.78, 5) is 0. The van der Waals surface area contributed by atoms with Gasteiger partial charge in [-0.2, -0.15) is 5.10 Å². The molecule has 2 N–H and O–H groups in total. The number of aromatic nitrogens is 2. The van der Waals surface area contributed by atoms with Crippen molar-refractivity contribution in [2.75, 3.05) is 0 Å². The molecule has 114 valence electrons. The molecular weight excluding hydrogens is 262 g/mol. The first kappa shape index (κ1) is 14.4. The van der Waals surface area contributed by atoms with Crippen molar-refractivity contribution >= 4 is 0 Å². The molecule has 4 heteroatoms. The summed E-state index contributed by atoms with van der Waals surface area (Å²) in [6.07, 6.45) is 11.4. The quantitative estimate of drug-likeness (QED) is 0.887. The normalized spacial score (nSPS) is 17.6. The lowest BCUT2D eigenvalue weighted by atomic mass is 9.96. The Bertz CT molecular complexity index is 550. The van der Waals surface area contributed by atoms with Crippen molar-refractivity contribution in [3.63, 3.8) is 0 Å². The highest BCUT2D eigenvalue weighted by molar-refractivity contribution is 5.56. The van der Waals surface area contributed by atoms with Gasteiger partial charge in [0.1, 0.15) is 11.5 Å². The molecule has 2 heterocycles. The number of nitrogens with zero attached hydrogens (tertiary/aromatic N) is 1. The molecule has 2 aromatic rings. The minimum absolute atomic E-state index is 0.645. The van der Waals surface area contributed by atoms with E-state index in [-0.39, 0.29) is 0 Å². The van der Waals surface area contributed by atoms with Gasteiger partial charge in [0, 0.05) is 18.2 Å². The van der Waals surface area contributed by atoms with Crippen LogP contribution in [0.1, 0.15) is 56.3 Å². The molecule has 1 fully saturated rings. The standard InChI is InChI=1S/C17H25N3O/c1-13-9-10-16(21-13)17-14(12-19-20-17)11-18-15-7-5-3-2-4-6-8-15/h9-10,12,15,18H,2-8,11H2,1H3,(H,19,20). The van der Waals surface area contributed by atoms with Gasteiger partial charge >= 0.3 is 0 Å². The monoisotopic (exact) mass is 287 g/mol. The Morgan fingerprint density at radius 2 is 1.95 bits per heavy atom. The Balaban J connectivity index is 1.61. The van der Waals surface area contributed by atoms with E-state index in [4.69, 9.17) is 4.42 Å². The van der Waals surface area contributed by atoms with Crippen LogP contribution in [0.4, 0.5) is 0 Å². The molecule has 0 radical (unpaired) electrons. The summed E-state index contributed by atoms with van der Waals surface area (Å²) >= 11 is 0. The fraction of sp³-hybridized carbons (Fsp3) is 0.588. The molecule has 2 aromatic heterocycles. The van der Waals surface area contributed by atoms with Gasteiger partial charge in [-0.05, 0) is 31.9 Å². The highest BCUT2D eigenvalue weighted by atomic mass is 16.3. The molecule has 0 spiro atoms. The van der Waals surface area contributed by atoms with Crippen molar-refractivity contribution in [2.45, 2.75) is 64.5 Å². The van der Waals surface area contributed by atoms with Gasteiger partial charge in [-0.15, -0.1) is 0 Å². The second kappa shape index (κ2) is 6.94. The molecule has 0 atom stereocenters. The highest BCUT2D eigenvalue weighted by Gasteiger charge is 2.14. The van der Waals surface area contributed by atoms with Crippen LogP contribution < -0.4 is 5.32 Å². The summed E-state index contributed by atoms with van der Waals surface area (Å²) in [5, 5.41) is 10.9. The zero-order valence-electron chi connectivity index (χ0n) is 12.8. The molecule has 1 saturated carbocycles. The second-order valence-corrected chi connectivity index (χ2v) is 6.10. The third-order valence-corrected chi connectivity index (χ3v) is 4.39.